The van der Waals surface area contributed by atoms with Crippen LogP contribution in [0.4, 0.5) is 5.00 Å². The molecule has 0 fully saturated rings. The molecule has 1 aromatic heterocycles. The van der Waals surface area contributed by atoms with Crippen LogP contribution < -0.4 is 10.1 Å². The molecule has 0 spiro atoms. The Balaban J connectivity index is 2.29. The quantitative estimate of drug-likeness (QED) is 0.691. The van der Waals surface area contributed by atoms with Crippen molar-refractivity contribution < 1.29 is 23.9 Å². The van der Waals surface area contributed by atoms with E-state index in [1.807, 2.05) is 6.92 Å². The van der Waals surface area contributed by atoms with Gasteiger partial charge in [-0.15, -0.1) is 11.3 Å². The molecule has 1 atom stereocenters. The van der Waals surface area contributed by atoms with E-state index >= 15 is 0 Å². The van der Waals surface area contributed by atoms with Crippen molar-refractivity contribution >= 4 is 45.7 Å². The smallest absolute Gasteiger partial charge is 0.341 e. The Morgan fingerprint density at radius 1 is 1.21 bits per heavy atom. The van der Waals surface area contributed by atoms with Crippen LogP contribution >= 0.6 is 22.9 Å². The van der Waals surface area contributed by atoms with Crippen molar-refractivity contribution in [1.29, 1.82) is 0 Å². The van der Waals surface area contributed by atoms with Crippen molar-refractivity contribution in [1.82, 2.24) is 4.90 Å². The molecule has 1 heterocycles. The number of halogens is 1. The van der Waals surface area contributed by atoms with Crippen molar-refractivity contribution in [2.24, 2.45) is 0 Å². The van der Waals surface area contributed by atoms with Gasteiger partial charge in [0.05, 0.1) is 17.6 Å². The van der Waals surface area contributed by atoms with E-state index in [0.29, 0.717) is 21.2 Å². The Morgan fingerprint density at radius 2 is 1.86 bits per heavy atom. The van der Waals surface area contributed by atoms with Crippen molar-refractivity contribution in [2.45, 2.75) is 26.9 Å². The molecular weight excluding hydrogens is 416 g/mol. The molecule has 29 heavy (non-hydrogen) atoms. The van der Waals surface area contributed by atoms with E-state index in [1.165, 1.54) is 12.0 Å². The number of ether oxygens (including phenoxy) is 2. The van der Waals surface area contributed by atoms with E-state index in [-0.39, 0.29) is 16.5 Å². The van der Waals surface area contributed by atoms with Crippen LogP contribution in [-0.4, -0.2) is 50.0 Å². The molecule has 0 radical (unpaired) electrons. The number of nitrogens with one attached hydrogen (secondary N) is 1. The molecular formula is C20H23ClN2O5S. The monoisotopic (exact) mass is 438 g/mol. The van der Waals surface area contributed by atoms with Crippen LogP contribution in [0.15, 0.2) is 18.2 Å². The van der Waals surface area contributed by atoms with Crippen LogP contribution in [-0.2, 0) is 9.53 Å². The van der Waals surface area contributed by atoms with Crippen molar-refractivity contribution in [2.75, 3.05) is 26.5 Å². The lowest BCUT2D eigenvalue weighted by atomic mass is 10.1. The zero-order valence-electron chi connectivity index (χ0n) is 17.1. The maximum Gasteiger partial charge on any atom is 0.341 e. The fraction of sp³-hybridized carbons (Fsp3) is 0.350. The summed E-state index contributed by atoms with van der Waals surface area (Å²) >= 11 is 6.97. The van der Waals surface area contributed by atoms with Crippen LogP contribution in [0.25, 0.3) is 0 Å². The first-order chi connectivity index (χ1) is 13.6. The van der Waals surface area contributed by atoms with Gasteiger partial charge in [-0.05, 0) is 50.1 Å². The fourth-order valence-electron chi connectivity index (χ4n) is 2.56. The maximum absolute atomic E-state index is 12.7. The molecule has 0 aliphatic heterocycles. The number of carbonyl (C=O) groups is 3. The molecule has 156 valence electrons. The topological polar surface area (TPSA) is 84.9 Å². The molecule has 2 aromatic rings. The second-order valence-corrected chi connectivity index (χ2v) is 8.07. The molecule has 7 nitrogen and oxygen atoms in total. The van der Waals surface area contributed by atoms with Gasteiger partial charge in [0.2, 0.25) is 0 Å². The Hall–Kier alpha value is -2.58. The lowest BCUT2D eigenvalue weighted by Gasteiger charge is -2.16. The normalized spacial score (nSPS) is 11.6. The number of rotatable bonds is 6. The number of amides is 2. The Labute approximate surface area is 178 Å². The molecule has 9 heteroatoms. The van der Waals surface area contributed by atoms with Crippen LogP contribution in [0.2, 0.25) is 5.02 Å². The van der Waals surface area contributed by atoms with Gasteiger partial charge in [-0.25, -0.2) is 4.79 Å². The molecule has 1 aromatic carbocycles. The second kappa shape index (κ2) is 9.28. The first-order valence-electron chi connectivity index (χ1n) is 8.73. The molecule has 2 rings (SSSR count). The van der Waals surface area contributed by atoms with Crippen molar-refractivity contribution in [3.05, 3.63) is 44.8 Å². The van der Waals surface area contributed by atoms with Crippen LogP contribution in [0, 0.1) is 13.8 Å². The van der Waals surface area contributed by atoms with Gasteiger partial charge in [-0.3, -0.25) is 9.59 Å². The van der Waals surface area contributed by atoms with Gasteiger partial charge in [-0.2, -0.15) is 0 Å². The predicted octanol–water partition coefficient (Wildman–Crippen LogP) is 3.91. The third kappa shape index (κ3) is 5.07. The molecule has 0 saturated carbocycles. The lowest BCUT2D eigenvalue weighted by Crippen LogP contribution is -2.30. The lowest BCUT2D eigenvalue weighted by molar-refractivity contribution is -0.122. The summed E-state index contributed by atoms with van der Waals surface area (Å²) in [5.74, 6) is -0.834. The average Bonchev–Trinajstić information content (AvgIpc) is 2.98. The highest BCUT2D eigenvalue weighted by Crippen LogP contribution is 2.34. The third-order valence-corrected chi connectivity index (χ3v) is 5.61. The van der Waals surface area contributed by atoms with Gasteiger partial charge in [0.25, 0.3) is 11.8 Å². The van der Waals surface area contributed by atoms with Crippen molar-refractivity contribution in [3.8, 4) is 5.75 Å². The Morgan fingerprint density at radius 3 is 2.41 bits per heavy atom. The molecule has 0 bridgehead atoms. The number of nitrogens with zero attached hydrogens (tertiary/aromatic N) is 1. The summed E-state index contributed by atoms with van der Waals surface area (Å²) in [4.78, 5) is 39.1. The van der Waals surface area contributed by atoms with Crippen LogP contribution in [0.1, 0.15) is 38.1 Å². The first kappa shape index (κ1) is 22.7. The zero-order chi connectivity index (χ0) is 21.9. The van der Waals surface area contributed by atoms with Crippen LogP contribution in [0.3, 0.4) is 0 Å². The van der Waals surface area contributed by atoms with E-state index in [0.717, 1.165) is 16.9 Å². The summed E-state index contributed by atoms with van der Waals surface area (Å²) in [6.45, 7) is 5.06. The molecule has 1 N–H and O–H groups in total. The molecule has 0 saturated heterocycles. The SMILES string of the molecule is COC(=O)c1c(NC(=O)C(C)Oc2ccc(Cl)cc2C)sc(C(=O)N(C)C)c1C. The minimum absolute atomic E-state index is 0.158. The fourth-order valence-corrected chi connectivity index (χ4v) is 4.00. The number of aryl methyl sites for hydroxylation is 1. The number of hydrogen-bond donors (Lipinski definition) is 1. The number of anilines is 1. The largest absolute Gasteiger partial charge is 0.481 e. The van der Waals surface area contributed by atoms with Gasteiger partial charge in [0, 0.05) is 19.1 Å². The highest BCUT2D eigenvalue weighted by molar-refractivity contribution is 7.18. The summed E-state index contributed by atoms with van der Waals surface area (Å²) in [6, 6.07) is 5.09. The van der Waals surface area contributed by atoms with E-state index < -0.39 is 18.0 Å². The summed E-state index contributed by atoms with van der Waals surface area (Å²) < 4.78 is 10.5. The van der Waals surface area contributed by atoms with Gasteiger partial charge < -0.3 is 19.7 Å². The van der Waals surface area contributed by atoms with Crippen molar-refractivity contribution in [3.63, 3.8) is 0 Å². The standard InChI is InChI=1S/C20H23ClN2O5S/c1-10-9-13(21)7-8-14(10)28-12(3)17(24)22-18-15(20(26)27-6)11(2)16(29-18)19(25)23(4)5/h7-9,12H,1-6H3,(H,22,24). The molecule has 0 aliphatic rings. The van der Waals surface area contributed by atoms with E-state index in [4.69, 9.17) is 21.1 Å². The summed E-state index contributed by atoms with van der Waals surface area (Å²) in [6.07, 6.45) is -0.851. The van der Waals surface area contributed by atoms with Crippen LogP contribution in [0.5, 0.6) is 5.75 Å². The number of benzene rings is 1. The number of thiophene rings is 1. The number of carbonyl (C=O) groups excluding carboxylic acids is 3. The number of methoxy groups -OCH3 is 1. The first-order valence-corrected chi connectivity index (χ1v) is 9.93. The minimum Gasteiger partial charge on any atom is -0.481 e. The van der Waals surface area contributed by atoms with Gasteiger partial charge >= 0.3 is 5.97 Å². The molecule has 0 aliphatic carbocycles. The third-order valence-electron chi connectivity index (χ3n) is 4.18. The minimum atomic E-state index is -0.851. The molecule has 1 unspecified atom stereocenters. The maximum atomic E-state index is 12.7. The van der Waals surface area contributed by atoms with Gasteiger partial charge in [0.1, 0.15) is 10.8 Å². The number of esters is 1. The van der Waals surface area contributed by atoms with E-state index in [9.17, 15) is 14.4 Å². The summed E-state index contributed by atoms with van der Waals surface area (Å²) in [5, 5.41) is 3.50. The number of hydrogen-bond acceptors (Lipinski definition) is 6. The highest BCUT2D eigenvalue weighted by Gasteiger charge is 2.28. The summed E-state index contributed by atoms with van der Waals surface area (Å²) in [7, 11) is 4.47. The van der Waals surface area contributed by atoms with Gasteiger partial charge in [0.15, 0.2) is 6.10 Å². The average molecular weight is 439 g/mol. The Bertz CT molecular complexity index is 955. The van der Waals surface area contributed by atoms with E-state index in [1.54, 1.807) is 46.1 Å². The summed E-state index contributed by atoms with van der Waals surface area (Å²) in [5.41, 5.74) is 1.40. The Kier molecular flexibility index (Phi) is 7.26. The van der Waals surface area contributed by atoms with Gasteiger partial charge in [-0.1, -0.05) is 11.6 Å². The second-order valence-electron chi connectivity index (χ2n) is 6.61. The predicted molar refractivity (Wildman–Crippen MR) is 113 cm³/mol. The van der Waals surface area contributed by atoms with E-state index in [2.05, 4.69) is 5.32 Å². The zero-order valence-corrected chi connectivity index (χ0v) is 18.7. The molecule has 2 amide bonds. The highest BCUT2D eigenvalue weighted by atomic mass is 35.5.